The van der Waals surface area contributed by atoms with Crippen molar-refractivity contribution in [1.29, 1.82) is 0 Å². The van der Waals surface area contributed by atoms with Crippen LogP contribution in [0.2, 0.25) is 0 Å². The SMILES string of the molecule is C=NOCc1ccccc1F. The molecule has 0 aromatic heterocycles. The Kier molecular flexibility index (Phi) is 2.60. The van der Waals surface area contributed by atoms with E-state index in [4.69, 9.17) is 0 Å². The van der Waals surface area contributed by atoms with E-state index in [0.29, 0.717) is 5.56 Å². The maximum absolute atomic E-state index is 12.8. The second-order valence-corrected chi connectivity index (χ2v) is 1.99. The van der Waals surface area contributed by atoms with Gasteiger partial charge in [0.2, 0.25) is 0 Å². The monoisotopic (exact) mass is 153 g/mol. The Bertz CT molecular complexity index is 250. The normalized spacial score (nSPS) is 9.18. The lowest BCUT2D eigenvalue weighted by molar-refractivity contribution is 0.130. The second kappa shape index (κ2) is 3.71. The van der Waals surface area contributed by atoms with Crippen molar-refractivity contribution < 1.29 is 9.23 Å². The smallest absolute Gasteiger partial charge is 0.145 e. The molecule has 0 heterocycles. The van der Waals surface area contributed by atoms with E-state index in [1.165, 1.54) is 6.07 Å². The standard InChI is InChI=1S/C8H8FNO/c1-10-11-6-7-4-2-3-5-8(7)9/h2-5H,1,6H2. The Balaban J connectivity index is 2.69. The van der Waals surface area contributed by atoms with Crippen molar-refractivity contribution in [3.05, 3.63) is 35.6 Å². The summed E-state index contributed by atoms with van der Waals surface area (Å²) in [5, 5.41) is 3.16. The predicted octanol–water partition coefficient (Wildman–Crippen LogP) is 1.96. The molecular formula is C8H8FNO. The zero-order valence-electron chi connectivity index (χ0n) is 5.96. The molecule has 0 spiro atoms. The van der Waals surface area contributed by atoms with Gasteiger partial charge in [-0.1, -0.05) is 18.2 Å². The van der Waals surface area contributed by atoms with Crippen LogP contribution in [-0.2, 0) is 11.4 Å². The van der Waals surface area contributed by atoms with E-state index in [0.717, 1.165) is 0 Å². The summed E-state index contributed by atoms with van der Waals surface area (Å²) >= 11 is 0. The summed E-state index contributed by atoms with van der Waals surface area (Å²) < 4.78 is 12.8. The zero-order valence-corrected chi connectivity index (χ0v) is 5.96. The van der Waals surface area contributed by atoms with Gasteiger partial charge >= 0.3 is 0 Å². The first kappa shape index (κ1) is 7.72. The highest BCUT2D eigenvalue weighted by atomic mass is 19.1. The first-order valence-electron chi connectivity index (χ1n) is 3.16. The van der Waals surface area contributed by atoms with E-state index in [2.05, 4.69) is 16.7 Å². The van der Waals surface area contributed by atoms with Crippen LogP contribution in [0.25, 0.3) is 0 Å². The van der Waals surface area contributed by atoms with Crippen molar-refractivity contribution >= 4 is 6.72 Å². The van der Waals surface area contributed by atoms with Crippen LogP contribution < -0.4 is 0 Å². The summed E-state index contributed by atoms with van der Waals surface area (Å²) in [6.07, 6.45) is 0. The summed E-state index contributed by atoms with van der Waals surface area (Å²) in [4.78, 5) is 4.57. The fourth-order valence-corrected chi connectivity index (χ4v) is 0.731. The molecule has 0 aliphatic rings. The van der Waals surface area contributed by atoms with Crippen molar-refractivity contribution in [3.63, 3.8) is 0 Å². The minimum Gasteiger partial charge on any atom is -0.391 e. The molecule has 0 unspecified atom stereocenters. The number of nitrogens with zero attached hydrogens (tertiary/aromatic N) is 1. The Morgan fingerprint density at radius 2 is 2.18 bits per heavy atom. The van der Waals surface area contributed by atoms with Gasteiger partial charge in [0.1, 0.15) is 12.4 Å². The van der Waals surface area contributed by atoms with Gasteiger partial charge in [-0.25, -0.2) is 4.39 Å². The van der Waals surface area contributed by atoms with Gasteiger partial charge in [0, 0.05) is 12.3 Å². The number of hydrogen-bond acceptors (Lipinski definition) is 2. The zero-order chi connectivity index (χ0) is 8.10. The third kappa shape index (κ3) is 2.04. The molecule has 0 radical (unpaired) electrons. The van der Waals surface area contributed by atoms with Crippen LogP contribution in [0.5, 0.6) is 0 Å². The first-order valence-corrected chi connectivity index (χ1v) is 3.16. The van der Waals surface area contributed by atoms with E-state index in [9.17, 15) is 4.39 Å². The van der Waals surface area contributed by atoms with Crippen molar-refractivity contribution in [2.45, 2.75) is 6.61 Å². The highest BCUT2D eigenvalue weighted by Gasteiger charge is 1.98. The largest absolute Gasteiger partial charge is 0.391 e. The van der Waals surface area contributed by atoms with Gasteiger partial charge in [0.25, 0.3) is 0 Å². The maximum atomic E-state index is 12.8. The number of oxime groups is 1. The van der Waals surface area contributed by atoms with Crippen molar-refractivity contribution in [3.8, 4) is 0 Å². The summed E-state index contributed by atoms with van der Waals surface area (Å²) in [5.74, 6) is -0.281. The molecule has 0 atom stereocenters. The van der Waals surface area contributed by atoms with E-state index in [-0.39, 0.29) is 12.4 Å². The Labute approximate surface area is 64.3 Å². The van der Waals surface area contributed by atoms with E-state index >= 15 is 0 Å². The number of halogens is 1. The van der Waals surface area contributed by atoms with Gasteiger partial charge in [-0.15, -0.1) is 5.16 Å². The Morgan fingerprint density at radius 1 is 1.45 bits per heavy atom. The number of hydrogen-bond donors (Lipinski definition) is 0. The third-order valence-corrected chi connectivity index (χ3v) is 1.27. The minimum absolute atomic E-state index is 0.135. The van der Waals surface area contributed by atoms with Crippen molar-refractivity contribution in [2.24, 2.45) is 5.16 Å². The molecule has 0 fully saturated rings. The van der Waals surface area contributed by atoms with Crippen LogP contribution in [0, 0.1) is 5.82 Å². The van der Waals surface area contributed by atoms with Crippen LogP contribution in [0.3, 0.4) is 0 Å². The van der Waals surface area contributed by atoms with E-state index < -0.39 is 0 Å². The molecule has 1 aromatic carbocycles. The molecule has 0 aliphatic carbocycles. The summed E-state index contributed by atoms with van der Waals surface area (Å²) in [7, 11) is 0. The summed E-state index contributed by atoms with van der Waals surface area (Å²) in [6, 6.07) is 6.38. The molecule has 0 aliphatic heterocycles. The molecule has 2 nitrogen and oxygen atoms in total. The fourth-order valence-electron chi connectivity index (χ4n) is 0.731. The molecule has 0 N–H and O–H groups in total. The highest BCUT2D eigenvalue weighted by molar-refractivity contribution is 5.21. The molecule has 58 valence electrons. The Morgan fingerprint density at radius 3 is 2.82 bits per heavy atom. The van der Waals surface area contributed by atoms with Crippen molar-refractivity contribution in [2.75, 3.05) is 0 Å². The molecule has 1 rings (SSSR count). The van der Waals surface area contributed by atoms with Gasteiger partial charge in [-0.2, -0.15) is 0 Å². The summed E-state index contributed by atoms with van der Waals surface area (Å²) in [5.41, 5.74) is 0.486. The van der Waals surface area contributed by atoms with Crippen LogP contribution in [0.4, 0.5) is 4.39 Å². The lowest BCUT2D eigenvalue weighted by atomic mass is 10.2. The molecule has 3 heteroatoms. The molecule has 0 amide bonds. The molecular weight excluding hydrogens is 145 g/mol. The van der Waals surface area contributed by atoms with Gasteiger partial charge in [-0.05, 0) is 6.07 Å². The number of benzene rings is 1. The second-order valence-electron chi connectivity index (χ2n) is 1.99. The third-order valence-electron chi connectivity index (χ3n) is 1.27. The molecule has 1 aromatic rings. The quantitative estimate of drug-likeness (QED) is 0.480. The highest BCUT2D eigenvalue weighted by Crippen LogP contribution is 2.06. The average Bonchev–Trinajstić information content (AvgIpc) is 2.03. The lowest BCUT2D eigenvalue weighted by Crippen LogP contribution is -1.90. The van der Waals surface area contributed by atoms with Crippen LogP contribution in [0.1, 0.15) is 5.56 Å². The molecule has 0 bridgehead atoms. The summed E-state index contributed by atoms with van der Waals surface area (Å²) in [6.45, 7) is 3.25. The lowest BCUT2D eigenvalue weighted by Gasteiger charge is -1.99. The minimum atomic E-state index is -0.281. The van der Waals surface area contributed by atoms with Crippen molar-refractivity contribution in [1.82, 2.24) is 0 Å². The van der Waals surface area contributed by atoms with Crippen LogP contribution in [-0.4, -0.2) is 6.72 Å². The molecule has 0 saturated carbocycles. The van der Waals surface area contributed by atoms with Gasteiger partial charge < -0.3 is 4.84 Å². The first-order chi connectivity index (χ1) is 5.34. The van der Waals surface area contributed by atoms with Gasteiger partial charge in [-0.3, -0.25) is 0 Å². The van der Waals surface area contributed by atoms with E-state index in [1.807, 2.05) is 0 Å². The topological polar surface area (TPSA) is 21.6 Å². The van der Waals surface area contributed by atoms with Crippen LogP contribution >= 0.6 is 0 Å². The molecule has 11 heavy (non-hydrogen) atoms. The van der Waals surface area contributed by atoms with E-state index in [1.54, 1.807) is 18.2 Å². The predicted molar refractivity (Wildman–Crippen MR) is 40.7 cm³/mol. The Hall–Kier alpha value is -1.38. The molecule has 0 saturated heterocycles. The number of rotatable bonds is 3. The maximum Gasteiger partial charge on any atom is 0.145 e. The fraction of sp³-hybridized carbons (Fsp3) is 0.125. The van der Waals surface area contributed by atoms with Crippen LogP contribution in [0.15, 0.2) is 29.4 Å². The van der Waals surface area contributed by atoms with Gasteiger partial charge in [0.15, 0.2) is 0 Å². The van der Waals surface area contributed by atoms with Gasteiger partial charge in [0.05, 0.1) is 0 Å². The average molecular weight is 153 g/mol.